The number of carbonyl (C=O) groups excluding carboxylic acids is 1. The number of aliphatic hydroxyl groups is 1. The lowest BCUT2D eigenvalue weighted by molar-refractivity contribution is -0.142. The molecule has 1 aliphatic carbocycles. The average Bonchev–Trinajstić information content (AvgIpc) is 3.01. The Morgan fingerprint density at radius 2 is 2.05 bits per heavy atom. The molecule has 0 aromatic heterocycles. The van der Waals surface area contributed by atoms with Crippen molar-refractivity contribution in [1.29, 1.82) is 0 Å². The highest BCUT2D eigenvalue weighted by Gasteiger charge is 2.18. The summed E-state index contributed by atoms with van der Waals surface area (Å²) in [4.78, 5) is 11.1. The van der Waals surface area contributed by atoms with Gasteiger partial charge in [-0.1, -0.05) is 31.6 Å². The first kappa shape index (κ1) is 17.1. The number of hydrogen-bond acceptors (Lipinski definition) is 4. The van der Waals surface area contributed by atoms with E-state index in [0.29, 0.717) is 5.92 Å². The summed E-state index contributed by atoms with van der Waals surface area (Å²) in [6.07, 6.45) is 5.91. The van der Waals surface area contributed by atoms with Crippen molar-refractivity contribution >= 4 is 5.97 Å². The summed E-state index contributed by atoms with van der Waals surface area (Å²) in [5.41, 5.74) is 2.39. The van der Waals surface area contributed by atoms with Crippen LogP contribution in [0.15, 0.2) is 31.0 Å². The Bertz CT molecular complexity index is 462. The minimum atomic E-state index is -0.347. The summed E-state index contributed by atoms with van der Waals surface area (Å²) in [5.74, 6) is 1.11. The van der Waals surface area contributed by atoms with E-state index in [1.165, 1.54) is 38.4 Å². The monoisotopic (exact) mass is 292 g/mol. The Balaban J connectivity index is 0.000000677. The molecular weight excluding hydrogens is 268 g/mol. The van der Waals surface area contributed by atoms with Crippen molar-refractivity contribution in [3.05, 3.63) is 42.2 Å². The molecule has 2 rings (SSSR count). The zero-order valence-corrected chi connectivity index (χ0v) is 12.8. The van der Waals surface area contributed by atoms with Crippen LogP contribution < -0.4 is 4.74 Å². The van der Waals surface area contributed by atoms with Crippen LogP contribution in [0.2, 0.25) is 0 Å². The summed E-state index contributed by atoms with van der Waals surface area (Å²) in [6.45, 7) is 4.89. The van der Waals surface area contributed by atoms with E-state index in [1.54, 1.807) is 0 Å². The molecule has 1 aromatic rings. The highest BCUT2D eigenvalue weighted by atomic mass is 16.6. The highest BCUT2D eigenvalue weighted by molar-refractivity contribution is 5.70. The molecule has 0 atom stereocenters. The van der Waals surface area contributed by atoms with Crippen molar-refractivity contribution in [3.63, 3.8) is 0 Å². The van der Waals surface area contributed by atoms with Gasteiger partial charge in [0.1, 0.15) is 5.75 Å². The van der Waals surface area contributed by atoms with Crippen molar-refractivity contribution in [2.24, 2.45) is 0 Å². The zero-order valence-electron chi connectivity index (χ0n) is 12.8. The van der Waals surface area contributed by atoms with Gasteiger partial charge in [0, 0.05) is 0 Å². The second kappa shape index (κ2) is 9.06. The van der Waals surface area contributed by atoms with Crippen LogP contribution in [-0.4, -0.2) is 24.8 Å². The average molecular weight is 292 g/mol. The summed E-state index contributed by atoms with van der Waals surface area (Å²) in [5, 5.41) is 7.33. The third-order valence-electron chi connectivity index (χ3n) is 3.61. The van der Waals surface area contributed by atoms with Crippen LogP contribution in [0.4, 0.5) is 0 Å². The minimum absolute atomic E-state index is 0.0224. The number of carbonyl (C=O) groups is 1. The molecule has 1 N–H and O–H groups in total. The third kappa shape index (κ3) is 5.50. The SMILES string of the molecule is C=CO.COC(=O)COc1cc(C2CCCC2)ccc1C. The Labute approximate surface area is 126 Å². The summed E-state index contributed by atoms with van der Waals surface area (Å²) < 4.78 is 10.1. The fourth-order valence-electron chi connectivity index (χ4n) is 2.48. The van der Waals surface area contributed by atoms with Crippen LogP contribution in [-0.2, 0) is 9.53 Å². The van der Waals surface area contributed by atoms with Crippen LogP contribution in [0.1, 0.15) is 42.7 Å². The predicted molar refractivity (Wildman–Crippen MR) is 82.7 cm³/mol. The molecule has 1 aromatic carbocycles. The van der Waals surface area contributed by atoms with Gasteiger partial charge in [0.05, 0.1) is 13.4 Å². The second-order valence-corrected chi connectivity index (χ2v) is 5.05. The van der Waals surface area contributed by atoms with Gasteiger partial charge in [0.15, 0.2) is 6.61 Å². The van der Waals surface area contributed by atoms with E-state index in [1.807, 2.05) is 6.92 Å². The first-order chi connectivity index (χ1) is 10.1. The van der Waals surface area contributed by atoms with Crippen LogP contribution in [0, 0.1) is 6.92 Å². The number of aliphatic hydroxyl groups excluding tert-OH is 1. The van der Waals surface area contributed by atoms with E-state index in [2.05, 4.69) is 29.5 Å². The summed E-state index contributed by atoms with van der Waals surface area (Å²) in [6, 6.07) is 6.32. The van der Waals surface area contributed by atoms with Crippen LogP contribution in [0.5, 0.6) is 5.75 Å². The molecule has 0 heterocycles. The first-order valence-corrected chi connectivity index (χ1v) is 7.17. The fourth-order valence-corrected chi connectivity index (χ4v) is 2.48. The van der Waals surface area contributed by atoms with Crippen molar-refractivity contribution < 1.29 is 19.4 Å². The van der Waals surface area contributed by atoms with Crippen molar-refractivity contribution in [1.82, 2.24) is 0 Å². The van der Waals surface area contributed by atoms with Crippen LogP contribution in [0.3, 0.4) is 0 Å². The predicted octanol–water partition coefficient (Wildman–Crippen LogP) is 3.89. The molecule has 1 aliphatic rings. The first-order valence-electron chi connectivity index (χ1n) is 7.17. The highest BCUT2D eigenvalue weighted by Crippen LogP contribution is 2.36. The lowest BCUT2D eigenvalue weighted by Gasteiger charge is -2.14. The molecule has 0 aliphatic heterocycles. The Kier molecular flexibility index (Phi) is 7.37. The van der Waals surface area contributed by atoms with Crippen molar-refractivity contribution in [3.8, 4) is 5.75 Å². The number of esters is 1. The third-order valence-corrected chi connectivity index (χ3v) is 3.61. The number of rotatable bonds is 4. The van der Waals surface area contributed by atoms with E-state index in [4.69, 9.17) is 9.84 Å². The Morgan fingerprint density at radius 1 is 1.43 bits per heavy atom. The summed E-state index contributed by atoms with van der Waals surface area (Å²) in [7, 11) is 1.37. The normalized spacial score (nSPS) is 14.0. The van der Waals surface area contributed by atoms with Gasteiger partial charge in [-0.3, -0.25) is 0 Å². The van der Waals surface area contributed by atoms with E-state index < -0.39 is 0 Å². The molecule has 116 valence electrons. The lowest BCUT2D eigenvalue weighted by Crippen LogP contribution is -2.13. The fraction of sp³-hybridized carbons (Fsp3) is 0.471. The number of hydrogen-bond donors (Lipinski definition) is 1. The molecule has 0 amide bonds. The quantitative estimate of drug-likeness (QED) is 0.675. The molecular formula is C17H24O4. The number of ether oxygens (including phenoxy) is 2. The molecule has 1 saturated carbocycles. The van der Waals surface area contributed by atoms with Gasteiger partial charge in [-0.05, 0) is 42.9 Å². The van der Waals surface area contributed by atoms with Crippen molar-refractivity contribution in [2.45, 2.75) is 38.5 Å². The minimum Gasteiger partial charge on any atom is -0.516 e. The molecule has 21 heavy (non-hydrogen) atoms. The van der Waals surface area contributed by atoms with Crippen LogP contribution >= 0.6 is 0 Å². The molecule has 0 spiro atoms. The van der Waals surface area contributed by atoms with E-state index in [9.17, 15) is 4.79 Å². The maximum absolute atomic E-state index is 11.1. The van der Waals surface area contributed by atoms with Gasteiger partial charge in [-0.25, -0.2) is 4.79 Å². The largest absolute Gasteiger partial charge is 0.516 e. The molecule has 1 fully saturated rings. The summed E-state index contributed by atoms with van der Waals surface area (Å²) >= 11 is 0. The molecule has 4 nitrogen and oxygen atoms in total. The molecule has 0 saturated heterocycles. The van der Waals surface area contributed by atoms with Crippen molar-refractivity contribution in [2.75, 3.05) is 13.7 Å². The molecule has 4 heteroatoms. The lowest BCUT2D eigenvalue weighted by atomic mass is 9.96. The molecule has 0 radical (unpaired) electrons. The van der Waals surface area contributed by atoms with Gasteiger partial charge in [-0.15, -0.1) is 0 Å². The second-order valence-electron chi connectivity index (χ2n) is 5.05. The number of aryl methyl sites for hydroxylation is 1. The van der Waals surface area contributed by atoms with E-state index in [0.717, 1.165) is 17.6 Å². The standard InChI is InChI=1S/C15H20O3.C2H4O/c1-11-7-8-13(12-5-3-4-6-12)9-14(11)18-10-15(16)17-2;1-2-3/h7-9,12H,3-6,10H2,1-2H3;2-3H,1H2. The molecule has 0 unspecified atom stereocenters. The van der Waals surface area contributed by atoms with E-state index in [-0.39, 0.29) is 12.6 Å². The Hall–Kier alpha value is -1.97. The van der Waals surface area contributed by atoms with Gasteiger partial charge >= 0.3 is 5.97 Å². The zero-order chi connectivity index (χ0) is 15.7. The van der Waals surface area contributed by atoms with E-state index >= 15 is 0 Å². The topological polar surface area (TPSA) is 55.8 Å². The Morgan fingerprint density at radius 3 is 2.62 bits per heavy atom. The maximum atomic E-state index is 11.1. The number of methoxy groups -OCH3 is 1. The van der Waals surface area contributed by atoms with Gasteiger partial charge in [-0.2, -0.15) is 0 Å². The molecule has 0 bridgehead atoms. The van der Waals surface area contributed by atoms with Gasteiger partial charge in [0.2, 0.25) is 0 Å². The smallest absolute Gasteiger partial charge is 0.343 e. The van der Waals surface area contributed by atoms with Gasteiger partial charge in [0.25, 0.3) is 0 Å². The number of benzene rings is 1. The van der Waals surface area contributed by atoms with Gasteiger partial charge < -0.3 is 14.6 Å². The maximum Gasteiger partial charge on any atom is 0.343 e. The van der Waals surface area contributed by atoms with Crippen LogP contribution in [0.25, 0.3) is 0 Å².